The first-order chi connectivity index (χ1) is 10.2. The Bertz CT molecular complexity index is 446. The van der Waals surface area contributed by atoms with Crippen molar-refractivity contribution >= 4 is 5.97 Å². The number of carbonyl (C=O) groups is 1. The Labute approximate surface area is 125 Å². The van der Waals surface area contributed by atoms with Crippen LogP contribution in [-0.2, 0) is 20.7 Å². The van der Waals surface area contributed by atoms with Gasteiger partial charge in [-0.3, -0.25) is 9.69 Å². The molecule has 1 aliphatic heterocycles. The third-order valence-corrected chi connectivity index (χ3v) is 3.50. The van der Waals surface area contributed by atoms with Gasteiger partial charge in [-0.25, -0.2) is 0 Å². The molecule has 1 atom stereocenters. The van der Waals surface area contributed by atoms with Crippen molar-refractivity contribution in [2.24, 2.45) is 0 Å². The highest BCUT2D eigenvalue weighted by Crippen LogP contribution is 2.13. The number of morpholine rings is 1. The molecule has 116 valence electrons. The summed E-state index contributed by atoms with van der Waals surface area (Å²) in [5, 5.41) is 0. The molecular weight excluding hydrogens is 270 g/mol. The van der Waals surface area contributed by atoms with Crippen molar-refractivity contribution in [2.45, 2.75) is 19.4 Å². The van der Waals surface area contributed by atoms with Crippen molar-refractivity contribution in [3.63, 3.8) is 0 Å². The van der Waals surface area contributed by atoms with Crippen molar-refractivity contribution in [3.05, 3.63) is 29.8 Å². The molecule has 0 aromatic heterocycles. The Hall–Kier alpha value is -1.59. The molecule has 1 aromatic carbocycles. The highest BCUT2D eigenvalue weighted by atomic mass is 16.5. The van der Waals surface area contributed by atoms with E-state index in [1.165, 1.54) is 7.11 Å². The van der Waals surface area contributed by atoms with E-state index in [9.17, 15) is 4.79 Å². The fourth-order valence-corrected chi connectivity index (χ4v) is 2.33. The quantitative estimate of drug-likeness (QED) is 0.744. The lowest BCUT2D eigenvalue weighted by molar-refractivity contribution is -0.139. The highest BCUT2D eigenvalue weighted by molar-refractivity contribution is 5.72. The standard InChI is InChI=1S/C16H23NO4/c1-13-12-17(7-9-20-13)8-10-21-15-5-3-14(4-6-15)11-16(18)19-2/h3-6,13H,7-12H2,1-2H3/t13-/m0/s1. The monoisotopic (exact) mass is 293 g/mol. The lowest BCUT2D eigenvalue weighted by Crippen LogP contribution is -2.42. The molecule has 1 heterocycles. The van der Waals surface area contributed by atoms with E-state index < -0.39 is 0 Å². The van der Waals surface area contributed by atoms with Gasteiger partial charge in [0.15, 0.2) is 0 Å². The molecule has 1 saturated heterocycles. The lowest BCUT2D eigenvalue weighted by atomic mass is 10.1. The van der Waals surface area contributed by atoms with E-state index in [4.69, 9.17) is 9.47 Å². The van der Waals surface area contributed by atoms with Crippen LogP contribution >= 0.6 is 0 Å². The van der Waals surface area contributed by atoms with Crippen molar-refractivity contribution in [2.75, 3.05) is 40.0 Å². The first-order valence-corrected chi connectivity index (χ1v) is 7.30. The van der Waals surface area contributed by atoms with E-state index in [-0.39, 0.29) is 5.97 Å². The van der Waals surface area contributed by atoms with E-state index in [0.717, 1.165) is 37.6 Å². The average molecular weight is 293 g/mol. The van der Waals surface area contributed by atoms with Gasteiger partial charge in [0, 0.05) is 19.6 Å². The highest BCUT2D eigenvalue weighted by Gasteiger charge is 2.15. The summed E-state index contributed by atoms with van der Waals surface area (Å²) in [5.41, 5.74) is 0.927. The topological polar surface area (TPSA) is 48.0 Å². The Morgan fingerprint density at radius 3 is 2.81 bits per heavy atom. The van der Waals surface area contributed by atoms with Crippen LogP contribution in [0.15, 0.2) is 24.3 Å². The zero-order chi connectivity index (χ0) is 15.1. The van der Waals surface area contributed by atoms with E-state index in [1.54, 1.807) is 0 Å². The summed E-state index contributed by atoms with van der Waals surface area (Å²) < 4.78 is 15.9. The van der Waals surface area contributed by atoms with Crippen molar-refractivity contribution in [1.29, 1.82) is 0 Å². The van der Waals surface area contributed by atoms with Gasteiger partial charge >= 0.3 is 5.97 Å². The molecule has 0 aliphatic carbocycles. The zero-order valence-electron chi connectivity index (χ0n) is 12.7. The van der Waals surface area contributed by atoms with Crippen LogP contribution in [0.2, 0.25) is 0 Å². The van der Waals surface area contributed by atoms with E-state index in [1.807, 2.05) is 24.3 Å². The molecule has 0 N–H and O–H groups in total. The lowest BCUT2D eigenvalue weighted by Gasteiger charge is -2.30. The fraction of sp³-hybridized carbons (Fsp3) is 0.562. The maximum Gasteiger partial charge on any atom is 0.309 e. The largest absolute Gasteiger partial charge is 0.492 e. The van der Waals surface area contributed by atoms with Gasteiger partial charge in [-0.05, 0) is 24.6 Å². The average Bonchev–Trinajstić information content (AvgIpc) is 2.49. The fourth-order valence-electron chi connectivity index (χ4n) is 2.33. The van der Waals surface area contributed by atoms with Gasteiger partial charge in [0.05, 0.1) is 26.2 Å². The molecule has 5 nitrogen and oxygen atoms in total. The van der Waals surface area contributed by atoms with Crippen LogP contribution < -0.4 is 4.74 Å². The third-order valence-electron chi connectivity index (χ3n) is 3.50. The number of carbonyl (C=O) groups excluding carboxylic acids is 1. The van der Waals surface area contributed by atoms with Gasteiger partial charge in [0.2, 0.25) is 0 Å². The van der Waals surface area contributed by atoms with Crippen molar-refractivity contribution in [1.82, 2.24) is 4.90 Å². The Kier molecular flexibility index (Phi) is 6.02. The SMILES string of the molecule is COC(=O)Cc1ccc(OCCN2CCO[C@@H](C)C2)cc1. The summed E-state index contributed by atoms with van der Waals surface area (Å²) in [6, 6.07) is 7.56. The van der Waals surface area contributed by atoms with Crippen LogP contribution in [0.1, 0.15) is 12.5 Å². The smallest absolute Gasteiger partial charge is 0.309 e. The van der Waals surface area contributed by atoms with Gasteiger partial charge in [0.25, 0.3) is 0 Å². The number of nitrogens with zero attached hydrogens (tertiary/aromatic N) is 1. The number of methoxy groups -OCH3 is 1. The van der Waals surface area contributed by atoms with Gasteiger partial charge in [-0.2, -0.15) is 0 Å². The second-order valence-corrected chi connectivity index (χ2v) is 5.23. The minimum atomic E-state index is -0.231. The molecule has 0 spiro atoms. The summed E-state index contributed by atoms with van der Waals surface area (Å²) in [6.07, 6.45) is 0.596. The molecule has 21 heavy (non-hydrogen) atoms. The maximum atomic E-state index is 11.2. The maximum absolute atomic E-state index is 11.2. The first-order valence-electron chi connectivity index (χ1n) is 7.30. The molecule has 0 unspecified atom stereocenters. The Balaban J connectivity index is 1.72. The second kappa shape index (κ2) is 8.00. The number of ether oxygens (including phenoxy) is 3. The molecule has 0 amide bonds. The van der Waals surface area contributed by atoms with Crippen LogP contribution in [0.3, 0.4) is 0 Å². The molecule has 1 aliphatic rings. The number of benzene rings is 1. The molecule has 1 fully saturated rings. The minimum Gasteiger partial charge on any atom is -0.492 e. The van der Waals surface area contributed by atoms with E-state index >= 15 is 0 Å². The predicted octanol–water partition coefficient (Wildman–Crippen LogP) is 1.50. The first kappa shape index (κ1) is 15.8. The summed E-state index contributed by atoms with van der Waals surface area (Å²) in [6.45, 7) is 6.37. The van der Waals surface area contributed by atoms with Crippen molar-refractivity contribution < 1.29 is 19.0 Å². The summed E-state index contributed by atoms with van der Waals surface area (Å²) in [7, 11) is 1.40. The van der Waals surface area contributed by atoms with Crippen LogP contribution in [-0.4, -0.2) is 56.9 Å². The summed E-state index contributed by atoms with van der Waals surface area (Å²) in [4.78, 5) is 13.5. The Morgan fingerprint density at radius 1 is 1.38 bits per heavy atom. The van der Waals surface area contributed by atoms with Crippen LogP contribution in [0.5, 0.6) is 5.75 Å². The van der Waals surface area contributed by atoms with Crippen LogP contribution in [0.25, 0.3) is 0 Å². The number of hydrogen-bond acceptors (Lipinski definition) is 5. The Morgan fingerprint density at radius 2 is 2.14 bits per heavy atom. The third kappa shape index (κ3) is 5.36. The predicted molar refractivity (Wildman–Crippen MR) is 79.5 cm³/mol. The molecule has 2 rings (SSSR count). The van der Waals surface area contributed by atoms with Crippen LogP contribution in [0.4, 0.5) is 0 Å². The molecule has 0 saturated carbocycles. The molecule has 1 aromatic rings. The normalized spacial score (nSPS) is 19.2. The van der Waals surface area contributed by atoms with Gasteiger partial charge in [0.1, 0.15) is 12.4 Å². The van der Waals surface area contributed by atoms with E-state index in [2.05, 4.69) is 16.6 Å². The van der Waals surface area contributed by atoms with Crippen molar-refractivity contribution in [3.8, 4) is 5.75 Å². The van der Waals surface area contributed by atoms with E-state index in [0.29, 0.717) is 19.1 Å². The number of rotatable bonds is 6. The summed E-state index contributed by atoms with van der Waals surface area (Å²) in [5.74, 6) is 0.593. The van der Waals surface area contributed by atoms with Crippen LogP contribution in [0, 0.1) is 0 Å². The van der Waals surface area contributed by atoms with Gasteiger partial charge in [-0.15, -0.1) is 0 Å². The molecule has 0 radical (unpaired) electrons. The molecule has 5 heteroatoms. The molecule has 0 bridgehead atoms. The zero-order valence-corrected chi connectivity index (χ0v) is 12.7. The molecular formula is C16H23NO4. The number of hydrogen-bond donors (Lipinski definition) is 0. The van der Waals surface area contributed by atoms with Gasteiger partial charge < -0.3 is 14.2 Å². The van der Waals surface area contributed by atoms with Gasteiger partial charge in [-0.1, -0.05) is 12.1 Å². The second-order valence-electron chi connectivity index (χ2n) is 5.23. The minimum absolute atomic E-state index is 0.231. The summed E-state index contributed by atoms with van der Waals surface area (Å²) >= 11 is 0. The number of esters is 1.